The van der Waals surface area contributed by atoms with Gasteiger partial charge < -0.3 is 10.2 Å². The summed E-state index contributed by atoms with van der Waals surface area (Å²) < 4.78 is 5.28. The highest BCUT2D eigenvalue weighted by molar-refractivity contribution is 5.89. The molecule has 84 valence electrons. The molecule has 0 aliphatic rings. The molecule has 2 N–H and O–H groups in total. The quantitative estimate of drug-likeness (QED) is 0.776. The van der Waals surface area contributed by atoms with E-state index in [0.29, 0.717) is 6.54 Å². The maximum absolute atomic E-state index is 10.8. The Kier molecular flexibility index (Phi) is 4.37. The minimum Gasteiger partial charge on any atom is -0.455 e. The lowest BCUT2D eigenvalue weighted by Gasteiger charge is -2.13. The monoisotopic (exact) mass is 210 g/mol. The molecule has 0 unspecified atom stereocenters. The number of primary amides is 1. The van der Waals surface area contributed by atoms with Crippen LogP contribution in [0.25, 0.3) is 0 Å². The lowest BCUT2D eigenvalue weighted by Crippen LogP contribution is -2.18. The Bertz CT molecular complexity index is 320. The summed E-state index contributed by atoms with van der Waals surface area (Å²) in [5.41, 5.74) is 5.09. The van der Waals surface area contributed by atoms with E-state index in [4.69, 9.17) is 10.2 Å². The molecule has 1 aromatic heterocycles. The highest BCUT2D eigenvalue weighted by atomic mass is 16.4. The highest BCUT2D eigenvalue weighted by Gasteiger charge is 2.08. The molecule has 0 aliphatic carbocycles. The molecule has 1 aromatic rings. The average Bonchev–Trinajstić information content (AvgIpc) is 2.63. The van der Waals surface area contributed by atoms with Crippen LogP contribution in [0.5, 0.6) is 0 Å². The molecule has 0 spiro atoms. The van der Waals surface area contributed by atoms with Gasteiger partial charge in [0.25, 0.3) is 5.91 Å². The molecule has 0 radical (unpaired) electrons. The third-order valence-electron chi connectivity index (χ3n) is 2.22. The van der Waals surface area contributed by atoms with Crippen LogP contribution in [0.2, 0.25) is 0 Å². The van der Waals surface area contributed by atoms with E-state index in [9.17, 15) is 4.79 Å². The number of unbranched alkanes of at least 4 members (excludes halogenated alkanes) is 1. The van der Waals surface area contributed by atoms with E-state index in [-0.39, 0.29) is 5.76 Å². The normalized spacial score (nSPS) is 10.9. The Morgan fingerprint density at radius 2 is 2.27 bits per heavy atom. The van der Waals surface area contributed by atoms with Gasteiger partial charge >= 0.3 is 0 Å². The van der Waals surface area contributed by atoms with Gasteiger partial charge in [0.15, 0.2) is 5.76 Å². The van der Waals surface area contributed by atoms with Crippen molar-refractivity contribution in [3.05, 3.63) is 23.7 Å². The minimum absolute atomic E-state index is 0.230. The van der Waals surface area contributed by atoms with Crippen LogP contribution in [-0.2, 0) is 6.54 Å². The number of nitrogens with two attached hydrogens (primary N) is 1. The molecule has 0 atom stereocenters. The standard InChI is InChI=1S/C11H18N2O2/c1-3-4-7-13(2)8-9-5-6-10(15-9)11(12)14/h5-6H,3-4,7-8H2,1-2H3,(H2,12,14). The Morgan fingerprint density at radius 3 is 2.80 bits per heavy atom. The van der Waals surface area contributed by atoms with E-state index in [1.165, 1.54) is 12.8 Å². The fourth-order valence-electron chi connectivity index (χ4n) is 1.37. The van der Waals surface area contributed by atoms with Crippen molar-refractivity contribution in [2.24, 2.45) is 5.73 Å². The number of hydrogen-bond acceptors (Lipinski definition) is 3. The maximum atomic E-state index is 10.8. The molecule has 0 aliphatic heterocycles. The lowest BCUT2D eigenvalue weighted by atomic mass is 10.3. The summed E-state index contributed by atoms with van der Waals surface area (Å²) in [5.74, 6) is 0.494. The second kappa shape index (κ2) is 5.56. The summed E-state index contributed by atoms with van der Waals surface area (Å²) in [7, 11) is 2.03. The first kappa shape index (κ1) is 11.8. The van der Waals surface area contributed by atoms with Gasteiger partial charge in [-0.05, 0) is 32.1 Å². The van der Waals surface area contributed by atoms with E-state index in [1.54, 1.807) is 12.1 Å². The van der Waals surface area contributed by atoms with Gasteiger partial charge in [0.2, 0.25) is 0 Å². The molecule has 0 aromatic carbocycles. The number of furan rings is 1. The number of hydrogen-bond donors (Lipinski definition) is 1. The van der Waals surface area contributed by atoms with E-state index >= 15 is 0 Å². The van der Waals surface area contributed by atoms with E-state index in [0.717, 1.165) is 12.3 Å². The summed E-state index contributed by atoms with van der Waals surface area (Å²) in [4.78, 5) is 12.9. The molecule has 0 fully saturated rings. The van der Waals surface area contributed by atoms with Crippen LogP contribution in [0.3, 0.4) is 0 Å². The molecule has 4 nitrogen and oxygen atoms in total. The molecule has 4 heteroatoms. The fourth-order valence-corrected chi connectivity index (χ4v) is 1.37. The fraction of sp³-hybridized carbons (Fsp3) is 0.545. The smallest absolute Gasteiger partial charge is 0.284 e. The van der Waals surface area contributed by atoms with Gasteiger partial charge in [0.1, 0.15) is 5.76 Å². The zero-order chi connectivity index (χ0) is 11.3. The molecule has 1 heterocycles. The number of carbonyl (C=O) groups excluding carboxylic acids is 1. The summed E-state index contributed by atoms with van der Waals surface area (Å²) in [6, 6.07) is 3.41. The van der Waals surface area contributed by atoms with Crippen LogP contribution in [0, 0.1) is 0 Å². The molecular formula is C11H18N2O2. The highest BCUT2D eigenvalue weighted by Crippen LogP contribution is 2.09. The van der Waals surface area contributed by atoms with Crippen molar-refractivity contribution in [2.75, 3.05) is 13.6 Å². The van der Waals surface area contributed by atoms with Crippen LogP contribution in [0.15, 0.2) is 16.5 Å². The van der Waals surface area contributed by atoms with Crippen LogP contribution in [0.1, 0.15) is 36.1 Å². The zero-order valence-corrected chi connectivity index (χ0v) is 9.32. The predicted molar refractivity (Wildman–Crippen MR) is 58.5 cm³/mol. The summed E-state index contributed by atoms with van der Waals surface area (Å²) in [6.45, 7) is 3.91. The van der Waals surface area contributed by atoms with Crippen molar-refractivity contribution >= 4 is 5.91 Å². The first-order valence-corrected chi connectivity index (χ1v) is 5.20. The molecule has 0 bridgehead atoms. The molecule has 1 amide bonds. The van der Waals surface area contributed by atoms with E-state index in [2.05, 4.69) is 11.8 Å². The largest absolute Gasteiger partial charge is 0.455 e. The maximum Gasteiger partial charge on any atom is 0.284 e. The van der Waals surface area contributed by atoms with Crippen molar-refractivity contribution in [1.82, 2.24) is 4.90 Å². The topological polar surface area (TPSA) is 59.5 Å². The van der Waals surface area contributed by atoms with Crippen LogP contribution < -0.4 is 5.73 Å². The molecular weight excluding hydrogens is 192 g/mol. The average molecular weight is 210 g/mol. The second-order valence-corrected chi connectivity index (χ2v) is 3.72. The van der Waals surface area contributed by atoms with Crippen molar-refractivity contribution in [3.8, 4) is 0 Å². The summed E-state index contributed by atoms with van der Waals surface area (Å²) in [6.07, 6.45) is 2.34. The van der Waals surface area contributed by atoms with Crippen LogP contribution in [-0.4, -0.2) is 24.4 Å². The van der Waals surface area contributed by atoms with Gasteiger partial charge in [-0.15, -0.1) is 0 Å². The summed E-state index contributed by atoms with van der Waals surface area (Å²) >= 11 is 0. The molecule has 1 rings (SSSR count). The zero-order valence-electron chi connectivity index (χ0n) is 9.32. The van der Waals surface area contributed by atoms with Gasteiger partial charge in [-0.2, -0.15) is 0 Å². The Hall–Kier alpha value is -1.29. The van der Waals surface area contributed by atoms with E-state index in [1.807, 2.05) is 7.05 Å². The summed E-state index contributed by atoms with van der Waals surface area (Å²) in [5, 5.41) is 0. The van der Waals surface area contributed by atoms with Crippen molar-refractivity contribution in [1.29, 1.82) is 0 Å². The predicted octanol–water partition coefficient (Wildman–Crippen LogP) is 1.61. The third kappa shape index (κ3) is 3.75. The van der Waals surface area contributed by atoms with Crippen LogP contribution >= 0.6 is 0 Å². The van der Waals surface area contributed by atoms with Crippen molar-refractivity contribution < 1.29 is 9.21 Å². The number of rotatable bonds is 6. The molecule has 0 saturated carbocycles. The van der Waals surface area contributed by atoms with Gasteiger partial charge in [-0.3, -0.25) is 9.69 Å². The van der Waals surface area contributed by atoms with Gasteiger partial charge in [-0.25, -0.2) is 0 Å². The Balaban J connectivity index is 2.46. The molecule has 0 saturated heterocycles. The van der Waals surface area contributed by atoms with Crippen LogP contribution in [0.4, 0.5) is 0 Å². The SMILES string of the molecule is CCCCN(C)Cc1ccc(C(N)=O)o1. The van der Waals surface area contributed by atoms with E-state index < -0.39 is 5.91 Å². The Labute approximate surface area is 90.0 Å². The van der Waals surface area contributed by atoms with Gasteiger partial charge in [-0.1, -0.05) is 13.3 Å². The van der Waals surface area contributed by atoms with Crippen molar-refractivity contribution in [3.63, 3.8) is 0 Å². The minimum atomic E-state index is -0.516. The number of amides is 1. The van der Waals surface area contributed by atoms with Gasteiger partial charge in [0, 0.05) is 0 Å². The van der Waals surface area contributed by atoms with Crippen molar-refractivity contribution in [2.45, 2.75) is 26.3 Å². The lowest BCUT2D eigenvalue weighted by molar-refractivity contribution is 0.0970. The molecule has 15 heavy (non-hydrogen) atoms. The number of nitrogens with zero attached hydrogens (tertiary/aromatic N) is 1. The third-order valence-corrected chi connectivity index (χ3v) is 2.22. The number of carbonyl (C=O) groups is 1. The first-order valence-electron chi connectivity index (χ1n) is 5.20. The second-order valence-electron chi connectivity index (χ2n) is 3.72. The first-order chi connectivity index (χ1) is 7.13. The van der Waals surface area contributed by atoms with Gasteiger partial charge in [0.05, 0.1) is 6.54 Å². The Morgan fingerprint density at radius 1 is 1.53 bits per heavy atom.